The highest BCUT2D eigenvalue weighted by Crippen LogP contribution is 2.49. The van der Waals surface area contributed by atoms with Gasteiger partial charge in [-0.15, -0.1) is 11.3 Å². The maximum absolute atomic E-state index is 15.9. The molecule has 1 fully saturated rings. The Bertz CT molecular complexity index is 1340. The predicted octanol–water partition coefficient (Wildman–Crippen LogP) is 1.62. The molecular formula is C22H24F3N3O3S. The molecule has 0 radical (unpaired) electrons. The van der Waals surface area contributed by atoms with Crippen molar-refractivity contribution in [3.63, 3.8) is 0 Å². The molecule has 0 aliphatic heterocycles. The lowest BCUT2D eigenvalue weighted by Crippen LogP contribution is -2.58. The Hall–Kier alpha value is -2.33. The number of hydrogen-bond acceptors (Lipinski definition) is 5. The van der Waals surface area contributed by atoms with Gasteiger partial charge >= 0.3 is 5.69 Å². The zero-order valence-electron chi connectivity index (χ0n) is 17.7. The molecule has 32 heavy (non-hydrogen) atoms. The van der Waals surface area contributed by atoms with Gasteiger partial charge in [0.25, 0.3) is 11.5 Å². The summed E-state index contributed by atoms with van der Waals surface area (Å²) < 4.78 is 51.6. The number of methoxy groups -OCH3 is 1. The zero-order chi connectivity index (χ0) is 22.9. The topological polar surface area (TPSA) is 90.1 Å². The van der Waals surface area contributed by atoms with Crippen LogP contribution in [-0.4, -0.2) is 35.3 Å². The van der Waals surface area contributed by atoms with Gasteiger partial charge in [0.05, 0.1) is 24.3 Å². The molecule has 5 rings (SSSR count). The van der Waals surface area contributed by atoms with Gasteiger partial charge in [0.2, 0.25) is 0 Å². The minimum atomic E-state index is -2.91. The first-order valence-corrected chi connectivity index (χ1v) is 11.5. The number of H-pyrrole nitrogens is 1. The van der Waals surface area contributed by atoms with Gasteiger partial charge in [-0.2, -0.15) is 0 Å². The molecule has 3 aliphatic rings. The largest absolute Gasteiger partial charge is 0.497 e. The van der Waals surface area contributed by atoms with E-state index >= 15 is 4.39 Å². The Kier molecular flexibility index (Phi) is 4.94. The number of aromatic nitrogens is 2. The first kappa shape index (κ1) is 21.5. The molecule has 10 heteroatoms. The molecule has 3 atom stereocenters. The van der Waals surface area contributed by atoms with Gasteiger partial charge in [-0.1, -0.05) is 0 Å². The quantitative estimate of drug-likeness (QED) is 0.715. The minimum Gasteiger partial charge on any atom is -0.497 e. The predicted molar refractivity (Wildman–Crippen MR) is 115 cm³/mol. The van der Waals surface area contributed by atoms with Gasteiger partial charge in [-0.05, 0) is 43.4 Å². The lowest BCUT2D eigenvalue weighted by atomic mass is 9.82. The SMILES string of the molecule is COC1=c2c(=O)[nH]c(=O)n(C3CC3)c2=C(C)C(c2cc3c(s2)CCC(F)(F)C3CN)C1F. The summed E-state index contributed by atoms with van der Waals surface area (Å²) in [6.45, 7) is 1.51. The van der Waals surface area contributed by atoms with Crippen LogP contribution in [0.1, 0.15) is 59.4 Å². The number of alkyl halides is 3. The van der Waals surface area contributed by atoms with Crippen LogP contribution in [0.5, 0.6) is 0 Å². The van der Waals surface area contributed by atoms with Gasteiger partial charge in [0, 0.05) is 28.8 Å². The number of fused-ring (bicyclic) bond motifs is 2. The monoisotopic (exact) mass is 467 g/mol. The van der Waals surface area contributed by atoms with Gasteiger partial charge in [-0.3, -0.25) is 14.3 Å². The molecule has 3 unspecified atom stereocenters. The fraction of sp³-hybridized carbons (Fsp3) is 0.545. The molecule has 2 heterocycles. The van der Waals surface area contributed by atoms with E-state index in [1.807, 2.05) is 0 Å². The number of nitrogens with one attached hydrogen (secondary N) is 1. The summed E-state index contributed by atoms with van der Waals surface area (Å²) in [6, 6.07) is 1.57. The number of thiophene rings is 1. The molecule has 0 bridgehead atoms. The van der Waals surface area contributed by atoms with Gasteiger partial charge in [0.15, 0.2) is 6.17 Å². The standard InChI is InChI=1S/C22H24F3N3O3S/c1-9-15(14-7-11-12(8-26)22(24,25)6-5-13(11)32-14)17(23)19(31-2)16-18(9)28(10-3-4-10)21(30)27-20(16)29/h7,10,12,15,17H,3-6,8,26H2,1-2H3,(H,27,29,30). The van der Waals surface area contributed by atoms with E-state index in [0.29, 0.717) is 21.4 Å². The zero-order valence-corrected chi connectivity index (χ0v) is 18.5. The van der Waals surface area contributed by atoms with Crippen LogP contribution in [0.25, 0.3) is 11.3 Å². The summed E-state index contributed by atoms with van der Waals surface area (Å²) >= 11 is 1.30. The van der Waals surface area contributed by atoms with Crippen LogP contribution in [-0.2, 0) is 11.2 Å². The highest BCUT2D eigenvalue weighted by atomic mass is 32.1. The van der Waals surface area contributed by atoms with E-state index < -0.39 is 35.2 Å². The number of ether oxygens (including phenoxy) is 1. The van der Waals surface area contributed by atoms with Crippen molar-refractivity contribution < 1.29 is 17.9 Å². The van der Waals surface area contributed by atoms with Crippen LogP contribution < -0.4 is 27.6 Å². The molecule has 0 aromatic carbocycles. The molecule has 2 aromatic heterocycles. The van der Waals surface area contributed by atoms with Crippen molar-refractivity contribution in [1.29, 1.82) is 0 Å². The van der Waals surface area contributed by atoms with E-state index in [0.717, 1.165) is 17.7 Å². The lowest BCUT2D eigenvalue weighted by Gasteiger charge is -2.30. The summed E-state index contributed by atoms with van der Waals surface area (Å²) in [5.74, 6) is -5.00. The van der Waals surface area contributed by atoms with Crippen molar-refractivity contribution in [3.8, 4) is 0 Å². The van der Waals surface area contributed by atoms with E-state index in [9.17, 15) is 18.4 Å². The highest BCUT2D eigenvalue weighted by Gasteiger charge is 2.46. The number of aromatic amines is 1. The third-order valence-corrected chi connectivity index (χ3v) is 8.17. The molecule has 3 aliphatic carbocycles. The van der Waals surface area contributed by atoms with Crippen LogP contribution in [0.4, 0.5) is 13.2 Å². The minimum absolute atomic E-state index is 0.0351. The van der Waals surface area contributed by atoms with Crippen molar-refractivity contribution in [2.45, 2.75) is 62.6 Å². The fourth-order valence-electron chi connectivity index (χ4n) is 5.16. The summed E-state index contributed by atoms with van der Waals surface area (Å²) in [5, 5.41) is 0.414. The molecule has 0 saturated heterocycles. The molecule has 3 N–H and O–H groups in total. The normalized spacial score (nSPS) is 26.6. The van der Waals surface area contributed by atoms with Crippen LogP contribution >= 0.6 is 11.3 Å². The second-order valence-electron chi connectivity index (χ2n) is 8.79. The van der Waals surface area contributed by atoms with Crippen molar-refractivity contribution in [2.75, 3.05) is 13.7 Å². The Morgan fingerprint density at radius 3 is 2.69 bits per heavy atom. The maximum atomic E-state index is 15.9. The average molecular weight is 468 g/mol. The van der Waals surface area contributed by atoms with Crippen molar-refractivity contribution >= 4 is 22.7 Å². The van der Waals surface area contributed by atoms with Crippen LogP contribution in [0, 0.1) is 0 Å². The summed E-state index contributed by atoms with van der Waals surface area (Å²) in [5.41, 5.74) is 5.46. The number of aryl methyl sites for hydroxylation is 1. The number of nitrogens with zero attached hydrogens (tertiary/aromatic N) is 1. The number of halogens is 3. The van der Waals surface area contributed by atoms with E-state index in [1.54, 1.807) is 13.0 Å². The molecule has 6 nitrogen and oxygen atoms in total. The summed E-state index contributed by atoms with van der Waals surface area (Å²) in [7, 11) is 1.29. The van der Waals surface area contributed by atoms with Crippen LogP contribution in [0.15, 0.2) is 15.7 Å². The van der Waals surface area contributed by atoms with Gasteiger partial charge in [0.1, 0.15) is 11.0 Å². The van der Waals surface area contributed by atoms with Gasteiger partial charge in [-0.25, -0.2) is 18.0 Å². The number of rotatable bonds is 4. The second-order valence-corrected chi connectivity index (χ2v) is 9.96. The first-order valence-electron chi connectivity index (χ1n) is 10.7. The molecule has 1 saturated carbocycles. The molecule has 0 spiro atoms. The summed E-state index contributed by atoms with van der Waals surface area (Å²) in [4.78, 5) is 28.9. The first-order chi connectivity index (χ1) is 15.2. The maximum Gasteiger partial charge on any atom is 0.329 e. The van der Waals surface area contributed by atoms with Crippen molar-refractivity contribution in [2.24, 2.45) is 5.73 Å². The van der Waals surface area contributed by atoms with E-state index in [2.05, 4.69) is 4.98 Å². The Morgan fingerprint density at radius 2 is 2.06 bits per heavy atom. The molecular weight excluding hydrogens is 443 g/mol. The third kappa shape index (κ3) is 3.02. The van der Waals surface area contributed by atoms with E-state index in [1.165, 1.54) is 23.0 Å². The molecule has 2 aromatic rings. The molecule has 0 amide bonds. The van der Waals surface area contributed by atoms with Gasteiger partial charge < -0.3 is 10.5 Å². The van der Waals surface area contributed by atoms with Crippen LogP contribution in [0.3, 0.4) is 0 Å². The molecule has 172 valence electrons. The Labute approximate surface area is 185 Å². The highest BCUT2D eigenvalue weighted by molar-refractivity contribution is 7.12. The number of nitrogens with two attached hydrogens (primary N) is 1. The van der Waals surface area contributed by atoms with E-state index in [4.69, 9.17) is 10.5 Å². The third-order valence-electron chi connectivity index (χ3n) is 6.88. The Morgan fingerprint density at radius 1 is 1.34 bits per heavy atom. The average Bonchev–Trinajstić information content (AvgIpc) is 3.47. The summed E-state index contributed by atoms with van der Waals surface area (Å²) in [6.07, 6.45) is -0.189. The van der Waals surface area contributed by atoms with Crippen molar-refractivity contribution in [1.82, 2.24) is 9.55 Å². The smallest absolute Gasteiger partial charge is 0.329 e. The Balaban J connectivity index is 1.77. The number of hydrogen-bond donors (Lipinski definition) is 2. The van der Waals surface area contributed by atoms with E-state index in [-0.39, 0.29) is 36.4 Å². The fourth-order valence-corrected chi connectivity index (χ4v) is 6.58. The van der Waals surface area contributed by atoms with Crippen molar-refractivity contribution in [3.05, 3.63) is 52.8 Å². The second kappa shape index (κ2) is 7.34. The lowest BCUT2D eigenvalue weighted by molar-refractivity contribution is -0.0381. The van der Waals surface area contributed by atoms with Crippen LogP contribution in [0.2, 0.25) is 0 Å².